The fourth-order valence-corrected chi connectivity index (χ4v) is 2.78. The summed E-state index contributed by atoms with van der Waals surface area (Å²) in [6.45, 7) is 12.5. The number of nitrogens with zero attached hydrogens (tertiary/aromatic N) is 3. The van der Waals surface area contributed by atoms with Gasteiger partial charge in [-0.05, 0) is 47.2 Å². The van der Waals surface area contributed by atoms with E-state index in [0.717, 1.165) is 45.1 Å². The van der Waals surface area contributed by atoms with Gasteiger partial charge in [0.1, 0.15) is 5.60 Å². The van der Waals surface area contributed by atoms with Crippen molar-refractivity contribution in [1.29, 1.82) is 0 Å². The standard InChI is InChI=1S/C18H37N5O2/c1-7-8-11-22(6)13-10-20-16(19-5)23-12-9-15(14-23)21-17(24)25-18(2,3)4/h15H,7-14H2,1-6H3,(H,19,20)(H,21,24)/t15-/m1/s1. The Morgan fingerprint density at radius 2 is 2.08 bits per heavy atom. The van der Waals surface area contributed by atoms with E-state index in [1.807, 2.05) is 20.8 Å². The third-order valence-corrected chi connectivity index (χ3v) is 4.09. The normalized spacial score (nSPS) is 18.6. The van der Waals surface area contributed by atoms with Crippen LogP contribution < -0.4 is 10.6 Å². The lowest BCUT2D eigenvalue weighted by Crippen LogP contribution is -2.45. The van der Waals surface area contributed by atoms with Gasteiger partial charge in [0.05, 0.1) is 6.04 Å². The Balaban J connectivity index is 2.33. The van der Waals surface area contributed by atoms with E-state index in [1.54, 1.807) is 7.05 Å². The molecule has 1 fully saturated rings. The topological polar surface area (TPSA) is 69.2 Å². The van der Waals surface area contributed by atoms with Crippen molar-refractivity contribution >= 4 is 12.1 Å². The molecule has 0 aromatic carbocycles. The molecule has 7 nitrogen and oxygen atoms in total. The van der Waals surface area contributed by atoms with Gasteiger partial charge in [-0.1, -0.05) is 13.3 Å². The highest BCUT2D eigenvalue weighted by atomic mass is 16.6. The maximum atomic E-state index is 11.9. The van der Waals surface area contributed by atoms with Crippen molar-refractivity contribution in [3.05, 3.63) is 0 Å². The minimum Gasteiger partial charge on any atom is -0.444 e. The van der Waals surface area contributed by atoms with Gasteiger partial charge in [-0.3, -0.25) is 4.99 Å². The Morgan fingerprint density at radius 3 is 2.68 bits per heavy atom. The van der Waals surface area contributed by atoms with Gasteiger partial charge in [0, 0.05) is 33.2 Å². The third kappa shape index (κ3) is 8.95. The first-order chi connectivity index (χ1) is 11.7. The van der Waals surface area contributed by atoms with Gasteiger partial charge in [-0.2, -0.15) is 0 Å². The second-order valence-electron chi connectivity index (χ2n) is 7.71. The number of likely N-dealkylation sites (tertiary alicyclic amines) is 1. The number of ether oxygens (including phenoxy) is 1. The van der Waals surface area contributed by atoms with Crippen LogP contribution in [0.2, 0.25) is 0 Å². The number of amides is 1. The van der Waals surface area contributed by atoms with Crippen LogP contribution in [0, 0.1) is 0 Å². The molecule has 1 aliphatic rings. The van der Waals surface area contributed by atoms with Gasteiger partial charge in [-0.15, -0.1) is 0 Å². The molecule has 7 heteroatoms. The summed E-state index contributed by atoms with van der Waals surface area (Å²) in [7, 11) is 3.95. The van der Waals surface area contributed by atoms with E-state index in [0.29, 0.717) is 0 Å². The Hall–Kier alpha value is -1.50. The van der Waals surface area contributed by atoms with E-state index in [4.69, 9.17) is 4.74 Å². The summed E-state index contributed by atoms with van der Waals surface area (Å²) in [5, 5.41) is 6.37. The monoisotopic (exact) mass is 355 g/mol. The van der Waals surface area contributed by atoms with E-state index in [2.05, 4.69) is 39.4 Å². The molecule has 1 atom stereocenters. The molecule has 1 rings (SSSR count). The number of guanidine groups is 1. The van der Waals surface area contributed by atoms with Gasteiger partial charge in [0.15, 0.2) is 5.96 Å². The molecule has 0 aromatic heterocycles. The SMILES string of the molecule is CCCCN(C)CCNC(=NC)N1CC[C@@H](NC(=O)OC(C)(C)C)C1. The molecule has 1 saturated heterocycles. The van der Waals surface area contributed by atoms with Crippen LogP contribution in [0.1, 0.15) is 47.0 Å². The smallest absolute Gasteiger partial charge is 0.407 e. The van der Waals surface area contributed by atoms with Gasteiger partial charge in [-0.25, -0.2) is 4.79 Å². The van der Waals surface area contributed by atoms with Crippen molar-refractivity contribution in [2.24, 2.45) is 4.99 Å². The Morgan fingerprint density at radius 1 is 1.36 bits per heavy atom. The minimum absolute atomic E-state index is 0.0978. The largest absolute Gasteiger partial charge is 0.444 e. The summed E-state index contributed by atoms with van der Waals surface area (Å²) in [6.07, 6.45) is 3.00. The number of aliphatic imine (C=N–C) groups is 1. The zero-order valence-electron chi connectivity index (χ0n) is 16.9. The number of hydrogen-bond acceptors (Lipinski definition) is 4. The number of carbonyl (C=O) groups excluding carboxylic acids is 1. The van der Waals surface area contributed by atoms with E-state index >= 15 is 0 Å². The molecule has 2 N–H and O–H groups in total. The molecule has 25 heavy (non-hydrogen) atoms. The van der Waals surface area contributed by atoms with Crippen LogP contribution >= 0.6 is 0 Å². The molecule has 0 saturated carbocycles. The van der Waals surface area contributed by atoms with Crippen LogP contribution in [-0.2, 0) is 4.74 Å². The van der Waals surface area contributed by atoms with Crippen molar-refractivity contribution in [1.82, 2.24) is 20.4 Å². The van der Waals surface area contributed by atoms with Gasteiger partial charge >= 0.3 is 6.09 Å². The first kappa shape index (κ1) is 21.5. The molecule has 0 aromatic rings. The lowest BCUT2D eigenvalue weighted by molar-refractivity contribution is 0.0507. The highest BCUT2D eigenvalue weighted by Crippen LogP contribution is 2.11. The van der Waals surface area contributed by atoms with Crippen molar-refractivity contribution in [2.75, 3.05) is 46.8 Å². The third-order valence-electron chi connectivity index (χ3n) is 4.09. The Labute approximate surface area is 153 Å². The zero-order chi connectivity index (χ0) is 18.9. The maximum absolute atomic E-state index is 11.9. The summed E-state index contributed by atoms with van der Waals surface area (Å²) in [4.78, 5) is 20.8. The van der Waals surface area contributed by atoms with Crippen LogP contribution in [0.25, 0.3) is 0 Å². The lowest BCUT2D eigenvalue weighted by atomic mass is 10.2. The number of unbranched alkanes of at least 4 members (excludes halogenated alkanes) is 1. The fraction of sp³-hybridized carbons (Fsp3) is 0.889. The summed E-state index contributed by atoms with van der Waals surface area (Å²) < 4.78 is 5.33. The Bertz CT molecular complexity index is 434. The summed E-state index contributed by atoms with van der Waals surface area (Å²) in [5.41, 5.74) is -0.468. The molecular formula is C18H37N5O2. The zero-order valence-corrected chi connectivity index (χ0v) is 16.9. The molecule has 1 aliphatic heterocycles. The number of likely N-dealkylation sites (N-methyl/N-ethyl adjacent to an activating group) is 1. The number of hydrogen-bond donors (Lipinski definition) is 2. The van der Waals surface area contributed by atoms with Crippen LogP contribution in [0.4, 0.5) is 4.79 Å². The second kappa shape index (κ2) is 10.5. The molecule has 1 heterocycles. The molecular weight excluding hydrogens is 318 g/mol. The molecule has 1 amide bonds. The summed E-state index contributed by atoms with van der Waals surface area (Å²) in [6, 6.07) is 0.0978. The second-order valence-corrected chi connectivity index (χ2v) is 7.71. The number of alkyl carbamates (subject to hydrolysis) is 1. The van der Waals surface area contributed by atoms with E-state index in [9.17, 15) is 4.79 Å². The highest BCUT2D eigenvalue weighted by molar-refractivity contribution is 5.80. The van der Waals surface area contributed by atoms with Crippen LogP contribution in [0.3, 0.4) is 0 Å². The molecule has 0 aliphatic carbocycles. The van der Waals surface area contributed by atoms with Crippen molar-refractivity contribution < 1.29 is 9.53 Å². The maximum Gasteiger partial charge on any atom is 0.407 e. The lowest BCUT2D eigenvalue weighted by Gasteiger charge is -2.24. The first-order valence-corrected chi connectivity index (χ1v) is 9.38. The fourth-order valence-electron chi connectivity index (χ4n) is 2.78. The Kier molecular flexibility index (Phi) is 9.03. The number of carbonyl (C=O) groups is 1. The van der Waals surface area contributed by atoms with E-state index < -0.39 is 5.60 Å². The van der Waals surface area contributed by atoms with Crippen LogP contribution in [-0.4, -0.2) is 80.3 Å². The van der Waals surface area contributed by atoms with Crippen molar-refractivity contribution in [3.8, 4) is 0 Å². The summed E-state index contributed by atoms with van der Waals surface area (Å²) >= 11 is 0. The van der Waals surface area contributed by atoms with Crippen LogP contribution in [0.5, 0.6) is 0 Å². The first-order valence-electron chi connectivity index (χ1n) is 9.38. The average molecular weight is 356 g/mol. The molecule has 0 radical (unpaired) electrons. The van der Waals surface area contributed by atoms with Crippen molar-refractivity contribution in [3.63, 3.8) is 0 Å². The quantitative estimate of drug-likeness (QED) is 0.539. The van der Waals surface area contributed by atoms with E-state index in [-0.39, 0.29) is 12.1 Å². The van der Waals surface area contributed by atoms with Gasteiger partial charge in [0.2, 0.25) is 0 Å². The van der Waals surface area contributed by atoms with E-state index in [1.165, 1.54) is 12.8 Å². The van der Waals surface area contributed by atoms with Crippen LogP contribution in [0.15, 0.2) is 4.99 Å². The van der Waals surface area contributed by atoms with Gasteiger partial charge in [0.25, 0.3) is 0 Å². The molecule has 0 unspecified atom stereocenters. The predicted octanol–water partition coefficient (Wildman–Crippen LogP) is 1.89. The number of nitrogens with one attached hydrogen (secondary N) is 2. The summed E-state index contributed by atoms with van der Waals surface area (Å²) in [5.74, 6) is 0.900. The average Bonchev–Trinajstić information content (AvgIpc) is 2.95. The van der Waals surface area contributed by atoms with Crippen molar-refractivity contribution in [2.45, 2.75) is 58.6 Å². The molecule has 146 valence electrons. The van der Waals surface area contributed by atoms with Gasteiger partial charge < -0.3 is 25.2 Å². The predicted molar refractivity (Wildman–Crippen MR) is 103 cm³/mol. The minimum atomic E-state index is -0.468. The highest BCUT2D eigenvalue weighted by Gasteiger charge is 2.27. The number of rotatable bonds is 7. The molecule has 0 spiro atoms. The molecule has 0 bridgehead atoms.